The molecule has 1 aliphatic rings. The van der Waals surface area contributed by atoms with Gasteiger partial charge in [0.15, 0.2) is 5.11 Å². The van der Waals surface area contributed by atoms with Crippen LogP contribution < -0.4 is 5.32 Å². The summed E-state index contributed by atoms with van der Waals surface area (Å²) in [6, 6.07) is 6.32. The van der Waals surface area contributed by atoms with E-state index < -0.39 is 0 Å². The first kappa shape index (κ1) is 14.3. The Morgan fingerprint density at radius 2 is 1.84 bits per heavy atom. The molecule has 0 saturated carbocycles. The zero-order chi connectivity index (χ0) is 14.0. The van der Waals surface area contributed by atoms with Gasteiger partial charge in [0, 0.05) is 18.8 Å². The van der Waals surface area contributed by atoms with Gasteiger partial charge >= 0.3 is 0 Å². The fourth-order valence-electron chi connectivity index (χ4n) is 2.37. The van der Waals surface area contributed by atoms with Gasteiger partial charge in [-0.25, -0.2) is 0 Å². The Balaban J connectivity index is 2.02. The standard InChI is InChI=1S/C15H22N2OS/c1-10-5-6-14(7-11(10)2)16-15(19)17-8-12(3)18-13(4)9-17/h5-7,12-13H,8-9H2,1-4H3,(H,16,19)/t12-,13-/m1/s1. The molecule has 3 nitrogen and oxygen atoms in total. The lowest BCUT2D eigenvalue weighted by Crippen LogP contribution is -2.49. The molecule has 2 rings (SSSR count). The maximum Gasteiger partial charge on any atom is 0.173 e. The fraction of sp³-hybridized carbons (Fsp3) is 0.533. The molecule has 19 heavy (non-hydrogen) atoms. The minimum Gasteiger partial charge on any atom is -0.372 e. The SMILES string of the molecule is Cc1ccc(NC(=S)N2C[C@@H](C)O[C@H](C)C2)cc1C. The van der Waals surface area contributed by atoms with Crippen LogP contribution >= 0.6 is 12.2 Å². The molecular formula is C15H22N2OS. The van der Waals surface area contributed by atoms with Crippen molar-refractivity contribution in [2.24, 2.45) is 0 Å². The first-order chi connectivity index (χ1) is 8.95. The van der Waals surface area contributed by atoms with Gasteiger partial charge in [0.25, 0.3) is 0 Å². The normalized spacial score (nSPS) is 23.3. The van der Waals surface area contributed by atoms with Gasteiger partial charge in [-0.2, -0.15) is 0 Å². The number of thiocarbonyl (C=S) groups is 1. The molecular weight excluding hydrogens is 256 g/mol. The predicted molar refractivity (Wildman–Crippen MR) is 83.7 cm³/mol. The monoisotopic (exact) mass is 278 g/mol. The predicted octanol–water partition coefficient (Wildman–Crippen LogP) is 3.11. The Kier molecular flexibility index (Phi) is 4.42. The summed E-state index contributed by atoms with van der Waals surface area (Å²) < 4.78 is 5.72. The molecule has 1 fully saturated rings. The molecule has 0 aromatic heterocycles. The Labute approximate surface area is 120 Å². The van der Waals surface area contributed by atoms with Crippen molar-refractivity contribution in [2.75, 3.05) is 18.4 Å². The summed E-state index contributed by atoms with van der Waals surface area (Å²) in [5.74, 6) is 0. The average Bonchev–Trinajstić information content (AvgIpc) is 2.32. The molecule has 1 N–H and O–H groups in total. The molecule has 0 bridgehead atoms. The third kappa shape index (κ3) is 3.67. The maximum absolute atomic E-state index is 5.72. The molecule has 1 saturated heterocycles. The number of hydrogen-bond acceptors (Lipinski definition) is 2. The van der Waals surface area contributed by atoms with Crippen LogP contribution in [0.3, 0.4) is 0 Å². The lowest BCUT2D eigenvalue weighted by molar-refractivity contribution is -0.0473. The lowest BCUT2D eigenvalue weighted by atomic mass is 10.1. The van der Waals surface area contributed by atoms with Crippen LogP contribution in [-0.4, -0.2) is 35.3 Å². The van der Waals surface area contributed by atoms with Crippen LogP contribution in [0.1, 0.15) is 25.0 Å². The number of morpholine rings is 1. The molecule has 2 atom stereocenters. The van der Waals surface area contributed by atoms with Crippen molar-refractivity contribution in [3.8, 4) is 0 Å². The second-order valence-electron chi connectivity index (χ2n) is 5.39. The number of benzene rings is 1. The van der Waals surface area contributed by atoms with Crippen molar-refractivity contribution in [3.05, 3.63) is 29.3 Å². The summed E-state index contributed by atoms with van der Waals surface area (Å²) in [5, 5.41) is 4.11. The summed E-state index contributed by atoms with van der Waals surface area (Å²) in [4.78, 5) is 2.18. The number of nitrogens with zero attached hydrogens (tertiary/aromatic N) is 1. The Hall–Kier alpha value is -1.13. The third-order valence-corrected chi connectivity index (χ3v) is 3.83. The Bertz CT molecular complexity index is 465. The molecule has 1 aromatic rings. The highest BCUT2D eigenvalue weighted by atomic mass is 32.1. The highest BCUT2D eigenvalue weighted by Crippen LogP contribution is 2.16. The number of ether oxygens (including phenoxy) is 1. The number of aryl methyl sites for hydroxylation is 2. The van der Waals surface area contributed by atoms with Gasteiger partial charge in [0.05, 0.1) is 12.2 Å². The molecule has 0 spiro atoms. The second-order valence-corrected chi connectivity index (χ2v) is 5.78. The zero-order valence-electron chi connectivity index (χ0n) is 12.1. The number of anilines is 1. The van der Waals surface area contributed by atoms with Crippen LogP contribution in [0.15, 0.2) is 18.2 Å². The lowest BCUT2D eigenvalue weighted by Gasteiger charge is -2.37. The van der Waals surface area contributed by atoms with Crippen molar-refractivity contribution in [3.63, 3.8) is 0 Å². The van der Waals surface area contributed by atoms with Crippen LogP contribution in [0, 0.1) is 13.8 Å². The van der Waals surface area contributed by atoms with E-state index in [4.69, 9.17) is 17.0 Å². The van der Waals surface area contributed by atoms with E-state index in [2.05, 4.69) is 56.1 Å². The fourth-order valence-corrected chi connectivity index (χ4v) is 2.63. The van der Waals surface area contributed by atoms with Crippen molar-refractivity contribution in [1.82, 2.24) is 4.90 Å². The van der Waals surface area contributed by atoms with Gasteiger partial charge in [-0.15, -0.1) is 0 Å². The van der Waals surface area contributed by atoms with Crippen molar-refractivity contribution in [1.29, 1.82) is 0 Å². The van der Waals surface area contributed by atoms with Crippen molar-refractivity contribution >= 4 is 23.0 Å². The van der Waals surface area contributed by atoms with Crippen LogP contribution in [0.25, 0.3) is 0 Å². The summed E-state index contributed by atoms with van der Waals surface area (Å²) in [5.41, 5.74) is 3.63. The van der Waals surface area contributed by atoms with Crippen molar-refractivity contribution in [2.45, 2.75) is 39.9 Å². The summed E-state index contributed by atoms with van der Waals surface area (Å²) in [6.07, 6.45) is 0.450. The molecule has 1 aliphatic heterocycles. The van der Waals surface area contributed by atoms with E-state index in [0.29, 0.717) is 0 Å². The maximum atomic E-state index is 5.72. The smallest absolute Gasteiger partial charge is 0.173 e. The molecule has 0 radical (unpaired) electrons. The van der Waals surface area contributed by atoms with Gasteiger partial charge in [0.1, 0.15) is 0 Å². The summed E-state index contributed by atoms with van der Waals surface area (Å²) in [6.45, 7) is 10.1. The minimum atomic E-state index is 0.225. The first-order valence-electron chi connectivity index (χ1n) is 6.74. The van der Waals surface area contributed by atoms with Gasteiger partial charge in [0.2, 0.25) is 0 Å². The van der Waals surface area contributed by atoms with E-state index in [1.165, 1.54) is 11.1 Å². The second kappa shape index (κ2) is 5.88. The zero-order valence-corrected chi connectivity index (χ0v) is 12.9. The number of hydrogen-bond donors (Lipinski definition) is 1. The van der Waals surface area contributed by atoms with Crippen LogP contribution in [0.5, 0.6) is 0 Å². The topological polar surface area (TPSA) is 24.5 Å². The van der Waals surface area contributed by atoms with Gasteiger partial charge in [-0.1, -0.05) is 6.07 Å². The molecule has 1 aromatic carbocycles. The van der Waals surface area contributed by atoms with E-state index in [0.717, 1.165) is 23.9 Å². The van der Waals surface area contributed by atoms with Crippen LogP contribution in [0.4, 0.5) is 5.69 Å². The average molecular weight is 278 g/mol. The number of nitrogens with one attached hydrogen (secondary N) is 1. The third-order valence-electron chi connectivity index (χ3n) is 3.47. The van der Waals surface area contributed by atoms with Gasteiger partial charge < -0.3 is 15.0 Å². The Morgan fingerprint density at radius 3 is 2.42 bits per heavy atom. The van der Waals surface area contributed by atoms with Crippen molar-refractivity contribution < 1.29 is 4.74 Å². The Morgan fingerprint density at radius 1 is 1.21 bits per heavy atom. The summed E-state index contributed by atoms with van der Waals surface area (Å²) in [7, 11) is 0. The highest BCUT2D eigenvalue weighted by molar-refractivity contribution is 7.80. The molecule has 0 amide bonds. The van der Waals surface area contributed by atoms with E-state index in [-0.39, 0.29) is 12.2 Å². The molecule has 0 aliphatic carbocycles. The molecule has 0 unspecified atom stereocenters. The molecule has 4 heteroatoms. The van der Waals surface area contributed by atoms with E-state index in [1.807, 2.05) is 0 Å². The summed E-state index contributed by atoms with van der Waals surface area (Å²) >= 11 is 5.50. The minimum absolute atomic E-state index is 0.225. The van der Waals surface area contributed by atoms with Gasteiger partial charge in [-0.05, 0) is 63.2 Å². The quantitative estimate of drug-likeness (QED) is 0.798. The van der Waals surface area contributed by atoms with E-state index in [9.17, 15) is 0 Å². The van der Waals surface area contributed by atoms with E-state index >= 15 is 0 Å². The highest BCUT2D eigenvalue weighted by Gasteiger charge is 2.23. The van der Waals surface area contributed by atoms with Crippen LogP contribution in [-0.2, 0) is 4.74 Å². The first-order valence-corrected chi connectivity index (χ1v) is 7.15. The molecule has 1 heterocycles. The van der Waals surface area contributed by atoms with Crippen LogP contribution in [0.2, 0.25) is 0 Å². The van der Waals surface area contributed by atoms with E-state index in [1.54, 1.807) is 0 Å². The molecule has 104 valence electrons. The van der Waals surface area contributed by atoms with Gasteiger partial charge in [-0.3, -0.25) is 0 Å². The largest absolute Gasteiger partial charge is 0.372 e. The number of rotatable bonds is 1.